The van der Waals surface area contributed by atoms with Crippen LogP contribution in [0.4, 0.5) is 0 Å². The van der Waals surface area contributed by atoms with Crippen molar-refractivity contribution in [2.24, 2.45) is 0 Å². The van der Waals surface area contributed by atoms with Crippen LogP contribution in [0.15, 0.2) is 30.3 Å². The zero-order chi connectivity index (χ0) is 7.40. The molecular weight excluding hydrogens is 144 g/mol. The van der Waals surface area contributed by atoms with Crippen LogP contribution in [0.2, 0.25) is 0 Å². The zero-order valence-corrected chi connectivity index (χ0v) is 6.49. The Morgan fingerprint density at radius 3 is 2.20 bits per heavy atom. The molecule has 53 valence electrons. The molecule has 0 fully saturated rings. The lowest BCUT2D eigenvalue weighted by atomic mass is 10.2. The Hall–Kier alpha value is -0.643. The molecule has 1 rings (SSSR count). The Labute approximate surface area is 61.6 Å². The third-order valence-corrected chi connectivity index (χ3v) is 1.93. The summed E-state index contributed by atoms with van der Waals surface area (Å²) in [5, 5.41) is 0. The van der Waals surface area contributed by atoms with E-state index in [1.165, 1.54) is 0 Å². The lowest BCUT2D eigenvalue weighted by Crippen LogP contribution is -2.14. The summed E-state index contributed by atoms with van der Waals surface area (Å²) in [7, 11) is -2.09. The first-order chi connectivity index (χ1) is 4.79. The molecule has 0 heterocycles. The van der Waals surface area contributed by atoms with Crippen molar-refractivity contribution in [2.45, 2.75) is 6.04 Å². The van der Waals surface area contributed by atoms with Crippen molar-refractivity contribution < 1.29 is 9.59 Å². The summed E-state index contributed by atoms with van der Waals surface area (Å²) in [4.78, 5) is 17.3. The van der Waals surface area contributed by atoms with Crippen molar-refractivity contribution in [2.75, 3.05) is 0 Å². The first kappa shape index (κ1) is 7.46. The molecule has 3 heteroatoms. The lowest BCUT2D eigenvalue weighted by Gasteiger charge is -1.97. The van der Waals surface area contributed by atoms with E-state index in [0.717, 1.165) is 5.56 Å². The normalized spacial score (nSPS) is 10.3. The van der Waals surface area contributed by atoms with Gasteiger partial charge in [-0.15, -0.1) is 0 Å². The summed E-state index contributed by atoms with van der Waals surface area (Å²) < 4.78 is 0. The first-order valence-corrected chi connectivity index (χ1v) is 4.67. The summed E-state index contributed by atoms with van der Waals surface area (Å²) >= 11 is 0. The highest BCUT2D eigenvalue weighted by Crippen LogP contribution is 1.98. The minimum absolute atomic E-state index is 0.408. The fourth-order valence-electron chi connectivity index (χ4n) is 0.778. The Morgan fingerprint density at radius 1 is 1.10 bits per heavy atom. The van der Waals surface area contributed by atoms with E-state index in [1.807, 2.05) is 30.3 Å². The van der Waals surface area contributed by atoms with Crippen LogP contribution >= 0.6 is 0 Å². The molecular formula is C7H9O2Si. The molecule has 0 bridgehead atoms. The highest BCUT2D eigenvalue weighted by atomic mass is 28.3. The maximum Gasteiger partial charge on any atom is 0.383 e. The van der Waals surface area contributed by atoms with Crippen LogP contribution in [-0.2, 0) is 6.04 Å². The van der Waals surface area contributed by atoms with E-state index in [-0.39, 0.29) is 0 Å². The van der Waals surface area contributed by atoms with E-state index in [9.17, 15) is 0 Å². The van der Waals surface area contributed by atoms with E-state index in [1.54, 1.807) is 0 Å². The molecule has 0 spiro atoms. The zero-order valence-electron chi connectivity index (χ0n) is 5.49. The second-order valence-corrected chi connectivity index (χ2v) is 3.26. The second kappa shape index (κ2) is 3.51. The maximum atomic E-state index is 8.66. The topological polar surface area (TPSA) is 40.5 Å². The fraction of sp³-hybridized carbons (Fsp3) is 0.143. The molecule has 0 aliphatic carbocycles. The van der Waals surface area contributed by atoms with Crippen molar-refractivity contribution in [1.82, 2.24) is 0 Å². The first-order valence-electron chi connectivity index (χ1n) is 3.07. The van der Waals surface area contributed by atoms with Gasteiger partial charge in [0.25, 0.3) is 0 Å². The van der Waals surface area contributed by atoms with Crippen LogP contribution < -0.4 is 0 Å². The molecule has 2 N–H and O–H groups in total. The van der Waals surface area contributed by atoms with Crippen LogP contribution in [-0.4, -0.2) is 18.9 Å². The average molecular weight is 153 g/mol. The van der Waals surface area contributed by atoms with Gasteiger partial charge in [0.1, 0.15) is 0 Å². The molecule has 1 aromatic rings. The van der Waals surface area contributed by atoms with Gasteiger partial charge in [-0.05, 0) is 5.56 Å². The molecule has 2 nitrogen and oxygen atoms in total. The van der Waals surface area contributed by atoms with Gasteiger partial charge in [0, 0.05) is 6.04 Å². The van der Waals surface area contributed by atoms with Gasteiger partial charge in [-0.2, -0.15) is 0 Å². The number of hydrogen-bond donors (Lipinski definition) is 2. The number of rotatable bonds is 2. The second-order valence-electron chi connectivity index (χ2n) is 2.08. The summed E-state index contributed by atoms with van der Waals surface area (Å²) in [6.45, 7) is 0. The molecule has 10 heavy (non-hydrogen) atoms. The summed E-state index contributed by atoms with van der Waals surface area (Å²) in [5.41, 5.74) is 0.987. The smallest absolute Gasteiger partial charge is 0.383 e. The minimum Gasteiger partial charge on any atom is -0.410 e. The van der Waals surface area contributed by atoms with Gasteiger partial charge in [-0.3, -0.25) is 0 Å². The standard InChI is InChI=1S/C7H9O2Si/c8-10(9)6-7-4-2-1-3-5-7/h1-5,8-9H,6H2. The van der Waals surface area contributed by atoms with E-state index >= 15 is 0 Å². The molecule has 0 saturated carbocycles. The Kier molecular flexibility index (Phi) is 2.62. The molecule has 0 aliphatic heterocycles. The molecule has 0 atom stereocenters. The quantitative estimate of drug-likeness (QED) is 0.598. The van der Waals surface area contributed by atoms with E-state index in [4.69, 9.17) is 9.59 Å². The fourth-order valence-corrected chi connectivity index (χ4v) is 1.38. The predicted molar refractivity (Wildman–Crippen MR) is 40.3 cm³/mol. The molecule has 0 saturated heterocycles. The Morgan fingerprint density at radius 2 is 1.70 bits per heavy atom. The third kappa shape index (κ3) is 2.30. The Balaban J connectivity index is 2.59. The van der Waals surface area contributed by atoms with E-state index < -0.39 is 9.28 Å². The van der Waals surface area contributed by atoms with Crippen molar-refractivity contribution in [3.05, 3.63) is 35.9 Å². The molecule has 0 amide bonds. The summed E-state index contributed by atoms with van der Waals surface area (Å²) in [6, 6.07) is 9.87. The molecule has 0 aromatic heterocycles. The summed E-state index contributed by atoms with van der Waals surface area (Å²) in [5.74, 6) is 0. The largest absolute Gasteiger partial charge is 0.410 e. The van der Waals surface area contributed by atoms with Crippen LogP contribution in [0, 0.1) is 0 Å². The lowest BCUT2D eigenvalue weighted by molar-refractivity contribution is 0.405. The highest BCUT2D eigenvalue weighted by molar-refractivity contribution is 6.40. The maximum absolute atomic E-state index is 8.66. The van der Waals surface area contributed by atoms with E-state index in [0.29, 0.717) is 6.04 Å². The molecule has 0 unspecified atom stereocenters. The molecule has 0 aliphatic rings. The minimum atomic E-state index is -2.09. The summed E-state index contributed by atoms with van der Waals surface area (Å²) in [6.07, 6.45) is 0. The van der Waals surface area contributed by atoms with Crippen LogP contribution in [0.3, 0.4) is 0 Å². The average Bonchev–Trinajstić information content (AvgIpc) is 1.88. The van der Waals surface area contributed by atoms with Gasteiger partial charge < -0.3 is 9.59 Å². The van der Waals surface area contributed by atoms with Crippen molar-refractivity contribution in [3.8, 4) is 0 Å². The van der Waals surface area contributed by atoms with Gasteiger partial charge >= 0.3 is 9.28 Å². The highest BCUT2D eigenvalue weighted by Gasteiger charge is 2.03. The molecule has 1 aromatic carbocycles. The Bertz CT molecular complexity index is 186. The van der Waals surface area contributed by atoms with Gasteiger partial charge in [-0.1, -0.05) is 30.3 Å². The van der Waals surface area contributed by atoms with Gasteiger partial charge in [0.05, 0.1) is 0 Å². The third-order valence-electron chi connectivity index (χ3n) is 1.21. The van der Waals surface area contributed by atoms with Gasteiger partial charge in [0.15, 0.2) is 0 Å². The molecule has 1 radical (unpaired) electrons. The number of hydrogen-bond acceptors (Lipinski definition) is 2. The van der Waals surface area contributed by atoms with Gasteiger partial charge in [-0.25, -0.2) is 0 Å². The number of benzene rings is 1. The monoisotopic (exact) mass is 153 g/mol. The van der Waals surface area contributed by atoms with Crippen LogP contribution in [0.5, 0.6) is 0 Å². The van der Waals surface area contributed by atoms with E-state index in [2.05, 4.69) is 0 Å². The van der Waals surface area contributed by atoms with Crippen molar-refractivity contribution in [1.29, 1.82) is 0 Å². The van der Waals surface area contributed by atoms with Crippen LogP contribution in [0.1, 0.15) is 5.56 Å². The van der Waals surface area contributed by atoms with Crippen molar-refractivity contribution in [3.63, 3.8) is 0 Å². The van der Waals surface area contributed by atoms with Gasteiger partial charge in [0.2, 0.25) is 0 Å². The predicted octanol–water partition coefficient (Wildman–Crippen LogP) is 0.241. The SMILES string of the molecule is O[Si](O)Cc1ccccc1. The van der Waals surface area contributed by atoms with Crippen molar-refractivity contribution >= 4 is 9.28 Å². The van der Waals surface area contributed by atoms with Crippen LogP contribution in [0.25, 0.3) is 0 Å².